The lowest BCUT2D eigenvalue weighted by atomic mass is 10.1. The van der Waals surface area contributed by atoms with Crippen LogP contribution in [0.1, 0.15) is 5.56 Å². The lowest BCUT2D eigenvalue weighted by molar-refractivity contribution is -0.137. The van der Waals surface area contributed by atoms with Gasteiger partial charge in [0.25, 0.3) is 0 Å². The van der Waals surface area contributed by atoms with E-state index in [-0.39, 0.29) is 11.7 Å². The van der Waals surface area contributed by atoms with E-state index in [0.717, 1.165) is 17.0 Å². The van der Waals surface area contributed by atoms with E-state index in [1.807, 2.05) is 24.3 Å². The molecular formula is C19H18F3N5O. The number of carbonyl (C=O) groups excluding carboxylic acids is 1. The average molecular weight is 389 g/mol. The number of H-pyrrole nitrogens is 1. The number of aromatic amines is 1. The first-order valence-electron chi connectivity index (χ1n) is 8.84. The van der Waals surface area contributed by atoms with Gasteiger partial charge in [-0.1, -0.05) is 24.3 Å². The van der Waals surface area contributed by atoms with Crippen LogP contribution in [0.5, 0.6) is 0 Å². The minimum atomic E-state index is -4.41. The second kappa shape index (κ2) is 7.06. The van der Waals surface area contributed by atoms with Crippen molar-refractivity contribution in [2.24, 2.45) is 0 Å². The summed E-state index contributed by atoms with van der Waals surface area (Å²) in [5.41, 5.74) is 0.302. The summed E-state index contributed by atoms with van der Waals surface area (Å²) in [6, 6.07) is 12.6. The van der Waals surface area contributed by atoms with Crippen LogP contribution in [0.4, 0.5) is 29.5 Å². The van der Waals surface area contributed by atoms with Gasteiger partial charge in [0.1, 0.15) is 0 Å². The van der Waals surface area contributed by atoms with E-state index in [1.165, 1.54) is 12.1 Å². The zero-order chi connectivity index (χ0) is 19.7. The molecule has 1 aromatic heterocycles. The Balaban J connectivity index is 1.43. The number of aromatic nitrogens is 2. The van der Waals surface area contributed by atoms with Crippen LogP contribution in [0.15, 0.2) is 48.5 Å². The fourth-order valence-electron chi connectivity index (χ4n) is 3.38. The Bertz CT molecular complexity index is 992. The highest BCUT2D eigenvalue weighted by Gasteiger charge is 2.35. The average Bonchev–Trinajstić information content (AvgIpc) is 3.10. The number of hydrogen-bond acceptors (Lipinski definition) is 3. The monoisotopic (exact) mass is 389 g/mol. The van der Waals surface area contributed by atoms with Crippen molar-refractivity contribution >= 4 is 28.4 Å². The highest BCUT2D eigenvalue weighted by Crippen LogP contribution is 2.36. The number of nitrogens with zero attached hydrogens (tertiary/aromatic N) is 3. The van der Waals surface area contributed by atoms with E-state index in [2.05, 4.69) is 15.5 Å². The number of para-hydroxylation sites is 2. The quantitative estimate of drug-likeness (QED) is 0.698. The predicted molar refractivity (Wildman–Crippen MR) is 100 cm³/mol. The Labute approximate surface area is 158 Å². The Morgan fingerprint density at radius 2 is 1.68 bits per heavy atom. The Morgan fingerprint density at radius 1 is 1.00 bits per heavy atom. The molecule has 2 N–H and O–H groups in total. The molecule has 3 aromatic rings. The van der Waals surface area contributed by atoms with Crippen LogP contribution in [-0.2, 0) is 6.18 Å². The summed E-state index contributed by atoms with van der Waals surface area (Å²) < 4.78 is 39.7. The number of anilines is 2. The zero-order valence-electron chi connectivity index (χ0n) is 14.8. The van der Waals surface area contributed by atoms with Gasteiger partial charge in [0, 0.05) is 37.3 Å². The van der Waals surface area contributed by atoms with Crippen LogP contribution < -0.4 is 10.2 Å². The molecule has 6 nitrogen and oxygen atoms in total. The molecule has 1 aliphatic heterocycles. The van der Waals surface area contributed by atoms with E-state index in [9.17, 15) is 18.0 Å². The second-order valence-electron chi connectivity index (χ2n) is 6.54. The first-order chi connectivity index (χ1) is 13.4. The lowest BCUT2D eigenvalue weighted by Crippen LogP contribution is -2.50. The molecule has 2 aromatic carbocycles. The van der Waals surface area contributed by atoms with Crippen molar-refractivity contribution in [2.75, 3.05) is 36.4 Å². The maximum Gasteiger partial charge on any atom is 0.418 e. The van der Waals surface area contributed by atoms with Crippen molar-refractivity contribution in [3.63, 3.8) is 0 Å². The SMILES string of the molecule is O=C(Nc1n[nH]c2ccccc12)N1CCN(c2ccccc2C(F)(F)F)CC1. The van der Waals surface area contributed by atoms with Crippen LogP contribution in [0, 0.1) is 0 Å². The first-order valence-corrected chi connectivity index (χ1v) is 8.84. The third-order valence-corrected chi connectivity index (χ3v) is 4.81. The van der Waals surface area contributed by atoms with E-state index >= 15 is 0 Å². The molecule has 2 heterocycles. The number of halogens is 3. The number of benzene rings is 2. The standard InChI is InChI=1S/C19H18F3N5O/c20-19(21,22)14-6-2-4-8-16(14)26-9-11-27(12-10-26)18(28)23-17-13-5-1-3-7-15(13)24-25-17/h1-8H,9-12H2,(H2,23,24,25,28). The third kappa shape index (κ3) is 3.47. The summed E-state index contributed by atoms with van der Waals surface area (Å²) in [4.78, 5) is 15.8. The van der Waals surface area contributed by atoms with Gasteiger partial charge in [0.15, 0.2) is 5.82 Å². The Hall–Kier alpha value is -3.23. The number of piperazine rings is 1. The summed E-state index contributed by atoms with van der Waals surface area (Å²) in [6.45, 7) is 1.28. The lowest BCUT2D eigenvalue weighted by Gasteiger charge is -2.37. The van der Waals surface area contributed by atoms with E-state index in [0.29, 0.717) is 32.0 Å². The fourth-order valence-corrected chi connectivity index (χ4v) is 3.38. The molecule has 1 saturated heterocycles. The van der Waals surface area contributed by atoms with Gasteiger partial charge in [0.2, 0.25) is 0 Å². The summed E-state index contributed by atoms with van der Waals surface area (Å²) in [7, 11) is 0. The van der Waals surface area contributed by atoms with Gasteiger partial charge in [0.05, 0.1) is 11.1 Å². The maximum absolute atomic E-state index is 13.2. The van der Waals surface area contributed by atoms with Gasteiger partial charge < -0.3 is 9.80 Å². The van der Waals surface area contributed by atoms with Crippen molar-refractivity contribution in [1.82, 2.24) is 15.1 Å². The van der Waals surface area contributed by atoms with Gasteiger partial charge in [-0.25, -0.2) is 4.79 Å². The van der Waals surface area contributed by atoms with Crippen molar-refractivity contribution in [1.29, 1.82) is 0 Å². The van der Waals surface area contributed by atoms with E-state index < -0.39 is 11.7 Å². The van der Waals surface area contributed by atoms with Gasteiger partial charge in [-0.2, -0.15) is 18.3 Å². The zero-order valence-corrected chi connectivity index (χ0v) is 14.8. The summed E-state index contributed by atoms with van der Waals surface area (Å²) in [5, 5.41) is 10.5. The highest BCUT2D eigenvalue weighted by atomic mass is 19.4. The van der Waals surface area contributed by atoms with Crippen LogP contribution in [0.3, 0.4) is 0 Å². The number of urea groups is 1. The number of rotatable bonds is 2. The van der Waals surface area contributed by atoms with Crippen LogP contribution in [-0.4, -0.2) is 47.3 Å². The molecule has 1 aliphatic rings. The van der Waals surface area contributed by atoms with Crippen molar-refractivity contribution < 1.29 is 18.0 Å². The summed E-state index contributed by atoms with van der Waals surface area (Å²) in [5.74, 6) is 0.436. The number of carbonyl (C=O) groups is 1. The van der Waals surface area contributed by atoms with E-state index in [4.69, 9.17) is 0 Å². The van der Waals surface area contributed by atoms with Gasteiger partial charge in [-0.3, -0.25) is 10.4 Å². The largest absolute Gasteiger partial charge is 0.418 e. The van der Waals surface area contributed by atoms with Crippen molar-refractivity contribution in [3.8, 4) is 0 Å². The van der Waals surface area contributed by atoms with Crippen molar-refractivity contribution in [2.45, 2.75) is 6.18 Å². The smallest absolute Gasteiger partial charge is 0.367 e. The van der Waals surface area contributed by atoms with Gasteiger partial charge in [-0.15, -0.1) is 0 Å². The number of alkyl halides is 3. The Morgan fingerprint density at radius 3 is 2.43 bits per heavy atom. The predicted octanol–water partition coefficient (Wildman–Crippen LogP) is 3.94. The van der Waals surface area contributed by atoms with Crippen LogP contribution >= 0.6 is 0 Å². The fraction of sp³-hybridized carbons (Fsp3) is 0.263. The number of nitrogens with one attached hydrogen (secondary N) is 2. The van der Waals surface area contributed by atoms with E-state index in [1.54, 1.807) is 15.9 Å². The molecule has 0 bridgehead atoms. The molecular weight excluding hydrogens is 371 g/mol. The van der Waals surface area contributed by atoms with Gasteiger partial charge >= 0.3 is 12.2 Å². The summed E-state index contributed by atoms with van der Waals surface area (Å²) >= 11 is 0. The van der Waals surface area contributed by atoms with Crippen LogP contribution in [0.2, 0.25) is 0 Å². The molecule has 0 unspecified atom stereocenters. The number of hydrogen-bond donors (Lipinski definition) is 2. The molecule has 146 valence electrons. The van der Waals surface area contributed by atoms with Crippen molar-refractivity contribution in [3.05, 3.63) is 54.1 Å². The molecule has 0 aliphatic carbocycles. The normalized spacial score (nSPS) is 15.1. The minimum absolute atomic E-state index is 0.147. The first kappa shape index (κ1) is 18.1. The molecule has 9 heteroatoms. The van der Waals surface area contributed by atoms with Crippen LogP contribution in [0.25, 0.3) is 10.9 Å². The minimum Gasteiger partial charge on any atom is -0.367 e. The molecule has 4 rings (SSSR count). The second-order valence-corrected chi connectivity index (χ2v) is 6.54. The topological polar surface area (TPSA) is 64.3 Å². The molecule has 2 amide bonds. The maximum atomic E-state index is 13.2. The molecule has 0 saturated carbocycles. The molecule has 0 radical (unpaired) electrons. The molecule has 0 atom stereocenters. The highest BCUT2D eigenvalue weighted by molar-refractivity contribution is 5.98. The molecule has 1 fully saturated rings. The number of fused-ring (bicyclic) bond motifs is 1. The summed E-state index contributed by atoms with van der Waals surface area (Å²) in [6.07, 6.45) is -4.41. The third-order valence-electron chi connectivity index (χ3n) is 4.81. The Kier molecular flexibility index (Phi) is 4.58. The van der Waals surface area contributed by atoms with Gasteiger partial charge in [-0.05, 0) is 24.3 Å². The number of amides is 2. The molecule has 28 heavy (non-hydrogen) atoms. The molecule has 0 spiro atoms.